The highest BCUT2D eigenvalue weighted by atomic mass is 32.1. The van der Waals surface area contributed by atoms with E-state index in [9.17, 15) is 9.59 Å². The number of thiophene rings is 1. The molecule has 1 fully saturated rings. The van der Waals surface area contributed by atoms with Gasteiger partial charge < -0.3 is 20.3 Å². The smallest absolute Gasteiger partial charge is 0.233 e. The summed E-state index contributed by atoms with van der Waals surface area (Å²) in [5, 5.41) is 5.22. The maximum Gasteiger partial charge on any atom is 0.233 e. The molecule has 1 atom stereocenters. The summed E-state index contributed by atoms with van der Waals surface area (Å²) < 4.78 is 21.9. The number of likely N-dealkylation sites (tertiary alicyclic amines) is 1. The van der Waals surface area contributed by atoms with Gasteiger partial charge in [0.1, 0.15) is 12.2 Å². The van der Waals surface area contributed by atoms with E-state index in [1.165, 1.54) is 30.2 Å². The molecule has 2 N–H and O–H groups in total. The molecule has 0 radical (unpaired) electrons. The van der Waals surface area contributed by atoms with Crippen molar-refractivity contribution in [3.63, 3.8) is 0 Å². The second kappa shape index (κ2) is 13.6. The number of likely N-dealkylation sites (N-methyl/N-ethyl adjacent to an activating group) is 1. The number of hydrogen-bond acceptors (Lipinski definition) is 7. The lowest BCUT2D eigenvalue weighted by atomic mass is 10.1. The van der Waals surface area contributed by atoms with E-state index in [-0.39, 0.29) is 11.4 Å². The zero-order chi connectivity index (χ0) is 31.3. The van der Waals surface area contributed by atoms with Gasteiger partial charge in [-0.15, -0.1) is 11.3 Å². The molecular formula is C35H34FN5O3S. The minimum atomic E-state index is -0.645. The number of nitrogens with one attached hydrogen (secondary N) is 2. The number of benzene rings is 3. The zero-order valence-corrected chi connectivity index (χ0v) is 25.9. The summed E-state index contributed by atoms with van der Waals surface area (Å²) in [5.74, 6) is -1.16. The fourth-order valence-corrected chi connectivity index (χ4v) is 6.48. The van der Waals surface area contributed by atoms with Crippen LogP contribution in [0.2, 0.25) is 0 Å². The van der Waals surface area contributed by atoms with Gasteiger partial charge in [0.05, 0.1) is 10.2 Å². The number of carbonyl (C=O) groups is 2. The molecule has 10 heteroatoms. The highest BCUT2D eigenvalue weighted by Gasteiger charge is 2.23. The summed E-state index contributed by atoms with van der Waals surface area (Å²) in [6.45, 7) is 3.14. The lowest BCUT2D eigenvalue weighted by Crippen LogP contribution is -2.31. The molecular weight excluding hydrogens is 589 g/mol. The van der Waals surface area contributed by atoms with E-state index < -0.39 is 24.1 Å². The maximum atomic E-state index is 15.1. The van der Waals surface area contributed by atoms with Crippen molar-refractivity contribution in [1.82, 2.24) is 14.8 Å². The van der Waals surface area contributed by atoms with Gasteiger partial charge in [-0.25, -0.2) is 4.39 Å². The Morgan fingerprint density at radius 1 is 0.956 bits per heavy atom. The quantitative estimate of drug-likeness (QED) is 0.163. The van der Waals surface area contributed by atoms with E-state index in [1.54, 1.807) is 47.9 Å². The second-order valence-corrected chi connectivity index (χ2v) is 12.4. The molecule has 6 rings (SSSR count). The number of aromatic nitrogens is 1. The van der Waals surface area contributed by atoms with Crippen molar-refractivity contribution in [3.05, 3.63) is 103 Å². The Hall–Kier alpha value is -4.64. The predicted molar refractivity (Wildman–Crippen MR) is 177 cm³/mol. The molecule has 0 aliphatic carbocycles. The van der Waals surface area contributed by atoms with E-state index in [2.05, 4.69) is 63.8 Å². The van der Waals surface area contributed by atoms with Crippen LogP contribution in [0.1, 0.15) is 18.4 Å². The molecule has 2 aromatic heterocycles. The molecule has 2 amide bonds. The summed E-state index contributed by atoms with van der Waals surface area (Å²) in [6, 6.07) is 26.0. The third-order valence-electron chi connectivity index (χ3n) is 7.81. The van der Waals surface area contributed by atoms with Gasteiger partial charge in [-0.1, -0.05) is 42.5 Å². The molecule has 3 heterocycles. The summed E-state index contributed by atoms with van der Waals surface area (Å²) in [4.78, 5) is 34.9. The number of nitrogens with zero attached hydrogens (tertiary/aromatic N) is 3. The zero-order valence-electron chi connectivity index (χ0n) is 25.1. The van der Waals surface area contributed by atoms with Crippen LogP contribution in [-0.4, -0.2) is 59.8 Å². The summed E-state index contributed by atoms with van der Waals surface area (Å²) in [5.41, 5.74) is 3.95. The van der Waals surface area contributed by atoms with Crippen LogP contribution in [0.5, 0.6) is 11.5 Å². The molecule has 1 aliphatic rings. The number of carbonyl (C=O) groups excluding carboxylic acids is 2. The molecule has 0 bridgehead atoms. The lowest BCUT2D eigenvalue weighted by Gasteiger charge is -2.20. The first-order valence-corrected chi connectivity index (χ1v) is 15.6. The number of halogens is 1. The van der Waals surface area contributed by atoms with E-state index in [0.29, 0.717) is 17.5 Å². The first kappa shape index (κ1) is 30.4. The minimum Gasteiger partial charge on any atom is -0.453 e. The van der Waals surface area contributed by atoms with Crippen LogP contribution < -0.4 is 15.4 Å². The number of hydrogen-bond donors (Lipinski definition) is 2. The molecule has 230 valence electrons. The Balaban J connectivity index is 1.09. The summed E-state index contributed by atoms with van der Waals surface area (Å²) in [7, 11) is 4.29. The van der Waals surface area contributed by atoms with E-state index >= 15 is 4.39 Å². The van der Waals surface area contributed by atoms with Crippen molar-refractivity contribution in [1.29, 1.82) is 0 Å². The fraction of sp³-hybridized carbons (Fsp3) is 0.229. The molecule has 3 aromatic carbocycles. The Labute approximate surface area is 265 Å². The maximum absolute atomic E-state index is 15.1. The Kier molecular flexibility index (Phi) is 9.16. The van der Waals surface area contributed by atoms with Crippen molar-refractivity contribution in [2.24, 2.45) is 0 Å². The first-order chi connectivity index (χ1) is 21.8. The average molecular weight is 624 g/mol. The molecule has 0 spiro atoms. The van der Waals surface area contributed by atoms with Crippen molar-refractivity contribution < 1.29 is 18.7 Å². The summed E-state index contributed by atoms with van der Waals surface area (Å²) in [6.07, 6.45) is 2.44. The van der Waals surface area contributed by atoms with Crippen LogP contribution >= 0.6 is 11.3 Å². The van der Waals surface area contributed by atoms with Gasteiger partial charge in [-0.2, -0.15) is 0 Å². The van der Waals surface area contributed by atoms with Crippen LogP contribution in [0.25, 0.3) is 20.7 Å². The molecule has 8 nitrogen and oxygen atoms in total. The van der Waals surface area contributed by atoms with Gasteiger partial charge in [0.15, 0.2) is 11.6 Å². The topological polar surface area (TPSA) is 86.8 Å². The molecule has 5 aromatic rings. The van der Waals surface area contributed by atoms with Crippen molar-refractivity contribution >= 4 is 44.7 Å². The van der Waals surface area contributed by atoms with Gasteiger partial charge in [0.25, 0.3) is 0 Å². The Morgan fingerprint density at radius 3 is 2.42 bits per heavy atom. The number of amides is 2. The van der Waals surface area contributed by atoms with Crippen LogP contribution in [0, 0.1) is 5.82 Å². The largest absolute Gasteiger partial charge is 0.453 e. The number of para-hydroxylation sites is 1. The SMILES string of the molecule is CN(C)[C@H]1CCN(Cc2ccc(-c3cc4nccc(Oc5ccc(NC(=O)CC(=O)Nc6ccccc6)cc5F)c4s3)cc2)C1. The van der Waals surface area contributed by atoms with Gasteiger partial charge >= 0.3 is 0 Å². The van der Waals surface area contributed by atoms with E-state index in [4.69, 9.17) is 4.74 Å². The second-order valence-electron chi connectivity index (χ2n) is 11.4. The monoisotopic (exact) mass is 623 g/mol. The molecule has 45 heavy (non-hydrogen) atoms. The Bertz CT molecular complexity index is 1810. The number of ether oxygens (including phenoxy) is 1. The number of anilines is 2. The third kappa shape index (κ3) is 7.54. The normalized spacial score (nSPS) is 15.0. The van der Waals surface area contributed by atoms with Crippen molar-refractivity contribution in [2.45, 2.75) is 25.4 Å². The van der Waals surface area contributed by atoms with Gasteiger partial charge in [0.2, 0.25) is 11.8 Å². The third-order valence-corrected chi connectivity index (χ3v) is 9.00. The number of fused-ring (bicyclic) bond motifs is 1. The highest BCUT2D eigenvalue weighted by molar-refractivity contribution is 7.22. The van der Waals surface area contributed by atoms with Gasteiger partial charge in [-0.05, 0) is 62.0 Å². The van der Waals surface area contributed by atoms with Gasteiger partial charge in [0, 0.05) is 60.3 Å². The lowest BCUT2D eigenvalue weighted by molar-refractivity contribution is -0.123. The fourth-order valence-electron chi connectivity index (χ4n) is 5.40. The van der Waals surface area contributed by atoms with Crippen molar-refractivity contribution in [2.75, 3.05) is 37.8 Å². The van der Waals surface area contributed by atoms with Crippen LogP contribution in [0.4, 0.5) is 15.8 Å². The van der Waals surface area contributed by atoms with E-state index in [1.807, 2.05) is 12.1 Å². The molecule has 0 unspecified atom stereocenters. The number of pyridine rings is 1. The first-order valence-electron chi connectivity index (χ1n) is 14.8. The van der Waals surface area contributed by atoms with Gasteiger partial charge in [-0.3, -0.25) is 19.5 Å². The molecule has 1 aliphatic heterocycles. The highest BCUT2D eigenvalue weighted by Crippen LogP contribution is 2.40. The Morgan fingerprint density at radius 2 is 1.71 bits per heavy atom. The molecule has 1 saturated heterocycles. The van der Waals surface area contributed by atoms with E-state index in [0.717, 1.165) is 40.3 Å². The van der Waals surface area contributed by atoms with Crippen molar-refractivity contribution in [3.8, 4) is 21.9 Å². The summed E-state index contributed by atoms with van der Waals surface area (Å²) >= 11 is 1.54. The standard InChI is InChI=1S/C35H34FN5O3S/c1-40(2)27-15-17-41(22-27)21-23-8-10-24(11-9-23)32-19-29-35(45-32)31(14-16-37-29)44-30-13-12-26(18-28(30)36)39-34(43)20-33(42)38-25-6-4-3-5-7-25/h3-14,16,18-19,27H,15,17,20-22H2,1-2H3,(H,38,42)(H,39,43)/t27-/m0/s1. The number of rotatable bonds is 10. The predicted octanol–water partition coefficient (Wildman–Crippen LogP) is 7.00. The average Bonchev–Trinajstić information content (AvgIpc) is 3.68. The van der Waals surface area contributed by atoms with Crippen LogP contribution in [0.3, 0.4) is 0 Å². The van der Waals surface area contributed by atoms with Crippen LogP contribution in [-0.2, 0) is 16.1 Å². The van der Waals surface area contributed by atoms with Crippen LogP contribution in [0.15, 0.2) is 91.1 Å². The molecule has 0 saturated carbocycles. The minimum absolute atomic E-state index is 0.0139.